The summed E-state index contributed by atoms with van der Waals surface area (Å²) in [5.41, 5.74) is 0.0972. The number of nitrogens with one attached hydrogen (secondary N) is 2. The molecule has 0 aromatic heterocycles. The van der Waals surface area contributed by atoms with E-state index in [-0.39, 0.29) is 17.6 Å². The summed E-state index contributed by atoms with van der Waals surface area (Å²) in [5.74, 6) is -0.109. The van der Waals surface area contributed by atoms with Crippen LogP contribution in [0, 0.1) is 5.82 Å². The molecule has 5 nitrogen and oxygen atoms in total. The maximum atomic E-state index is 13.9. The lowest BCUT2D eigenvalue weighted by molar-refractivity contribution is -0.118. The highest BCUT2D eigenvalue weighted by atomic mass is 19.1. The maximum Gasteiger partial charge on any atom is 0.241 e. The average molecular weight is 282 g/mol. The van der Waals surface area contributed by atoms with Crippen LogP contribution in [-0.2, 0) is 4.79 Å². The number of halogens is 1. The third-order valence-corrected chi connectivity index (χ3v) is 3.36. The Labute approximate surface area is 117 Å². The molecule has 20 heavy (non-hydrogen) atoms. The van der Waals surface area contributed by atoms with Gasteiger partial charge in [0.1, 0.15) is 0 Å². The van der Waals surface area contributed by atoms with Crippen molar-refractivity contribution in [2.75, 3.05) is 26.1 Å². The predicted octanol–water partition coefficient (Wildman–Crippen LogP) is 1.92. The smallest absolute Gasteiger partial charge is 0.241 e. The first kappa shape index (κ1) is 14.6. The van der Waals surface area contributed by atoms with Crippen LogP contribution in [0.25, 0.3) is 0 Å². The van der Waals surface area contributed by atoms with E-state index in [1.54, 1.807) is 0 Å². The molecule has 0 saturated carbocycles. The SMILES string of the molecule is COc1cc(F)c(NC(=O)C2CCCCN2)cc1OC. The molecular formula is C14H19FN2O3. The fourth-order valence-corrected chi connectivity index (χ4v) is 2.25. The van der Waals surface area contributed by atoms with Crippen LogP contribution in [-0.4, -0.2) is 32.7 Å². The fraction of sp³-hybridized carbons (Fsp3) is 0.500. The third-order valence-electron chi connectivity index (χ3n) is 3.36. The monoisotopic (exact) mass is 282 g/mol. The number of anilines is 1. The first-order chi connectivity index (χ1) is 9.65. The van der Waals surface area contributed by atoms with E-state index in [0.29, 0.717) is 11.5 Å². The van der Waals surface area contributed by atoms with Gasteiger partial charge in [-0.3, -0.25) is 4.79 Å². The number of benzene rings is 1. The number of hydrogen-bond acceptors (Lipinski definition) is 4. The molecule has 1 aliphatic rings. The summed E-state index contributed by atoms with van der Waals surface area (Å²) in [5, 5.41) is 5.71. The summed E-state index contributed by atoms with van der Waals surface area (Å²) >= 11 is 0. The van der Waals surface area contributed by atoms with Crippen LogP contribution in [0.4, 0.5) is 10.1 Å². The quantitative estimate of drug-likeness (QED) is 0.886. The molecule has 2 N–H and O–H groups in total. The normalized spacial score (nSPS) is 18.4. The number of carbonyl (C=O) groups is 1. The molecule has 0 radical (unpaired) electrons. The van der Waals surface area contributed by atoms with E-state index >= 15 is 0 Å². The molecule has 6 heteroatoms. The third kappa shape index (κ3) is 3.19. The number of rotatable bonds is 4. The van der Waals surface area contributed by atoms with Crippen molar-refractivity contribution in [3.05, 3.63) is 17.9 Å². The van der Waals surface area contributed by atoms with Crippen molar-refractivity contribution < 1.29 is 18.7 Å². The van der Waals surface area contributed by atoms with Gasteiger partial charge in [-0.05, 0) is 19.4 Å². The Kier molecular flexibility index (Phi) is 4.79. The molecule has 1 heterocycles. The second-order valence-electron chi connectivity index (χ2n) is 4.68. The van der Waals surface area contributed by atoms with Gasteiger partial charge in [0.05, 0.1) is 25.9 Å². The molecule has 1 fully saturated rings. The van der Waals surface area contributed by atoms with Gasteiger partial charge in [-0.15, -0.1) is 0 Å². The van der Waals surface area contributed by atoms with Crippen molar-refractivity contribution in [3.63, 3.8) is 0 Å². The standard InChI is InChI=1S/C14H19FN2O3/c1-19-12-7-9(15)11(8-13(12)20-2)17-14(18)10-5-3-4-6-16-10/h7-8,10,16H,3-6H2,1-2H3,(H,17,18). The highest BCUT2D eigenvalue weighted by molar-refractivity contribution is 5.95. The van der Waals surface area contributed by atoms with Gasteiger partial charge in [0, 0.05) is 12.1 Å². The molecule has 1 aliphatic heterocycles. The second-order valence-corrected chi connectivity index (χ2v) is 4.68. The van der Waals surface area contributed by atoms with Crippen molar-refractivity contribution in [1.82, 2.24) is 5.32 Å². The molecule has 0 spiro atoms. The molecular weight excluding hydrogens is 263 g/mol. The Hall–Kier alpha value is -1.82. The first-order valence-corrected chi connectivity index (χ1v) is 6.61. The summed E-state index contributed by atoms with van der Waals surface area (Å²) in [7, 11) is 2.89. The van der Waals surface area contributed by atoms with Gasteiger partial charge in [0.2, 0.25) is 5.91 Å². The summed E-state index contributed by atoms with van der Waals surface area (Å²) in [6.45, 7) is 0.812. The van der Waals surface area contributed by atoms with Gasteiger partial charge in [0.15, 0.2) is 17.3 Å². The van der Waals surface area contributed by atoms with Gasteiger partial charge < -0.3 is 20.1 Å². The van der Waals surface area contributed by atoms with Crippen molar-refractivity contribution in [2.45, 2.75) is 25.3 Å². The highest BCUT2D eigenvalue weighted by Gasteiger charge is 2.22. The topological polar surface area (TPSA) is 59.6 Å². The van der Waals surface area contributed by atoms with Gasteiger partial charge >= 0.3 is 0 Å². The summed E-state index contributed by atoms with van der Waals surface area (Å²) in [4.78, 5) is 12.1. The number of ether oxygens (including phenoxy) is 2. The van der Waals surface area contributed by atoms with Crippen LogP contribution in [0.3, 0.4) is 0 Å². The number of carbonyl (C=O) groups excluding carboxylic acids is 1. The molecule has 0 bridgehead atoms. The minimum atomic E-state index is -0.549. The van der Waals surface area contributed by atoms with Crippen LogP contribution < -0.4 is 20.1 Å². The van der Waals surface area contributed by atoms with Gasteiger partial charge in [0.25, 0.3) is 0 Å². The van der Waals surface area contributed by atoms with Crippen LogP contribution in [0.15, 0.2) is 12.1 Å². The van der Waals surface area contributed by atoms with E-state index in [4.69, 9.17) is 9.47 Å². The first-order valence-electron chi connectivity index (χ1n) is 6.61. The molecule has 1 atom stereocenters. The summed E-state index contributed by atoms with van der Waals surface area (Å²) in [6.07, 6.45) is 2.83. The molecule has 110 valence electrons. The lowest BCUT2D eigenvalue weighted by Gasteiger charge is -2.22. The molecule has 1 unspecified atom stereocenters. The second kappa shape index (κ2) is 6.56. The minimum absolute atomic E-state index is 0.0972. The largest absolute Gasteiger partial charge is 0.493 e. The van der Waals surface area contributed by atoms with E-state index in [9.17, 15) is 9.18 Å². The van der Waals surface area contributed by atoms with E-state index in [0.717, 1.165) is 25.8 Å². The van der Waals surface area contributed by atoms with E-state index in [1.165, 1.54) is 26.4 Å². The lowest BCUT2D eigenvalue weighted by Crippen LogP contribution is -2.43. The van der Waals surface area contributed by atoms with Crippen molar-refractivity contribution in [3.8, 4) is 11.5 Å². The molecule has 1 saturated heterocycles. The number of piperidine rings is 1. The summed E-state index contributed by atoms with van der Waals surface area (Å²) < 4.78 is 24.0. The zero-order valence-corrected chi connectivity index (χ0v) is 11.7. The lowest BCUT2D eigenvalue weighted by atomic mass is 10.0. The van der Waals surface area contributed by atoms with Gasteiger partial charge in [-0.2, -0.15) is 0 Å². The predicted molar refractivity (Wildman–Crippen MR) is 73.8 cm³/mol. The Morgan fingerprint density at radius 2 is 2.00 bits per heavy atom. The number of amides is 1. The van der Waals surface area contributed by atoms with Crippen LogP contribution in [0.5, 0.6) is 11.5 Å². The minimum Gasteiger partial charge on any atom is -0.493 e. The molecule has 1 aromatic carbocycles. The Bertz CT molecular complexity index is 488. The fourth-order valence-electron chi connectivity index (χ4n) is 2.25. The molecule has 1 aromatic rings. The zero-order chi connectivity index (χ0) is 14.5. The maximum absolute atomic E-state index is 13.9. The zero-order valence-electron chi connectivity index (χ0n) is 11.7. The molecule has 0 aliphatic carbocycles. The van der Waals surface area contributed by atoms with Crippen molar-refractivity contribution in [1.29, 1.82) is 0 Å². The van der Waals surface area contributed by atoms with Gasteiger partial charge in [-0.1, -0.05) is 6.42 Å². The Morgan fingerprint density at radius 1 is 1.30 bits per heavy atom. The van der Waals surface area contributed by atoms with Crippen LogP contribution in [0.1, 0.15) is 19.3 Å². The van der Waals surface area contributed by atoms with E-state index in [2.05, 4.69) is 10.6 Å². The van der Waals surface area contributed by atoms with Crippen LogP contribution >= 0.6 is 0 Å². The van der Waals surface area contributed by atoms with Crippen LogP contribution in [0.2, 0.25) is 0 Å². The van der Waals surface area contributed by atoms with E-state index < -0.39 is 5.82 Å². The number of hydrogen-bond donors (Lipinski definition) is 2. The Morgan fingerprint density at radius 3 is 2.60 bits per heavy atom. The number of methoxy groups -OCH3 is 2. The Balaban J connectivity index is 2.13. The van der Waals surface area contributed by atoms with E-state index in [1.807, 2.05) is 0 Å². The average Bonchev–Trinajstić information content (AvgIpc) is 2.49. The highest BCUT2D eigenvalue weighted by Crippen LogP contribution is 2.32. The summed E-state index contributed by atoms with van der Waals surface area (Å²) in [6, 6.07) is 2.36. The van der Waals surface area contributed by atoms with Crippen molar-refractivity contribution in [2.24, 2.45) is 0 Å². The molecule has 1 amide bonds. The molecule has 2 rings (SSSR count). The van der Waals surface area contributed by atoms with Gasteiger partial charge in [-0.25, -0.2) is 4.39 Å². The van der Waals surface area contributed by atoms with Crippen molar-refractivity contribution >= 4 is 11.6 Å².